The molecule has 0 unspecified atom stereocenters. The number of hydrogen-bond acceptors (Lipinski definition) is 3. The predicted octanol–water partition coefficient (Wildman–Crippen LogP) is 5.27. The monoisotopic (exact) mass is 384 g/mol. The van der Waals surface area contributed by atoms with Crippen LogP contribution in [0, 0.1) is 0 Å². The van der Waals surface area contributed by atoms with Crippen LogP contribution in [0.5, 0.6) is 0 Å². The van der Waals surface area contributed by atoms with E-state index < -0.39 is 0 Å². The van der Waals surface area contributed by atoms with Crippen molar-refractivity contribution in [3.05, 3.63) is 78.9 Å². The molecular formula is C23H20N4S. The fraction of sp³-hybridized carbons (Fsp3) is 0.0870. The smallest absolute Gasteiger partial charge is 0.170 e. The maximum Gasteiger partial charge on any atom is 0.170 e. The molecule has 3 aromatic carbocycles. The summed E-state index contributed by atoms with van der Waals surface area (Å²) in [5.74, 6) is 0. The first-order chi connectivity index (χ1) is 13.7. The Hall–Kier alpha value is -3.31. The summed E-state index contributed by atoms with van der Waals surface area (Å²) in [6.45, 7) is 2.79. The van der Waals surface area contributed by atoms with Crippen molar-refractivity contribution in [1.82, 2.24) is 15.3 Å². The van der Waals surface area contributed by atoms with E-state index in [0.29, 0.717) is 5.11 Å². The van der Waals surface area contributed by atoms with Crippen LogP contribution in [-0.4, -0.2) is 21.6 Å². The molecule has 0 bridgehead atoms. The van der Waals surface area contributed by atoms with Gasteiger partial charge in [0, 0.05) is 23.4 Å². The minimum atomic E-state index is 0.596. The molecule has 0 aliphatic heterocycles. The Bertz CT molecular complexity index is 1110. The number of nitrogens with zero attached hydrogens (tertiary/aromatic N) is 2. The van der Waals surface area contributed by atoms with Crippen molar-refractivity contribution in [3.8, 4) is 22.5 Å². The van der Waals surface area contributed by atoms with Gasteiger partial charge in [-0.15, -0.1) is 0 Å². The number of nitrogens with one attached hydrogen (secondary N) is 2. The highest BCUT2D eigenvalue weighted by Crippen LogP contribution is 2.31. The number of rotatable bonds is 4. The molecule has 28 heavy (non-hydrogen) atoms. The predicted molar refractivity (Wildman–Crippen MR) is 120 cm³/mol. The molecule has 2 N–H and O–H groups in total. The molecule has 0 fully saturated rings. The van der Waals surface area contributed by atoms with Gasteiger partial charge in [-0.05, 0) is 37.3 Å². The molecule has 0 radical (unpaired) electrons. The van der Waals surface area contributed by atoms with Gasteiger partial charge in [-0.1, -0.05) is 60.7 Å². The fourth-order valence-electron chi connectivity index (χ4n) is 3.06. The topological polar surface area (TPSA) is 49.8 Å². The lowest BCUT2D eigenvalue weighted by molar-refractivity contribution is 0.979. The van der Waals surface area contributed by atoms with E-state index in [-0.39, 0.29) is 0 Å². The van der Waals surface area contributed by atoms with Gasteiger partial charge in [0.25, 0.3) is 0 Å². The van der Waals surface area contributed by atoms with Crippen LogP contribution >= 0.6 is 12.2 Å². The minimum absolute atomic E-state index is 0.596. The average Bonchev–Trinajstić information content (AvgIpc) is 2.74. The van der Waals surface area contributed by atoms with Gasteiger partial charge < -0.3 is 10.6 Å². The van der Waals surface area contributed by atoms with Crippen molar-refractivity contribution in [2.75, 3.05) is 11.9 Å². The van der Waals surface area contributed by atoms with Gasteiger partial charge >= 0.3 is 0 Å². The van der Waals surface area contributed by atoms with Crippen LogP contribution < -0.4 is 10.6 Å². The summed E-state index contributed by atoms with van der Waals surface area (Å²) in [6.07, 6.45) is 0. The lowest BCUT2D eigenvalue weighted by atomic mass is 10.0. The SMILES string of the molecule is CCNC(=S)Nc1ccc2nc(-c3ccccc3)c(-c3ccccc3)nc2c1. The van der Waals surface area contributed by atoms with Crippen molar-refractivity contribution in [1.29, 1.82) is 0 Å². The second-order valence-corrected chi connectivity index (χ2v) is 6.75. The average molecular weight is 385 g/mol. The van der Waals surface area contributed by atoms with Crippen molar-refractivity contribution < 1.29 is 0 Å². The van der Waals surface area contributed by atoms with E-state index in [4.69, 9.17) is 22.2 Å². The van der Waals surface area contributed by atoms with Crippen molar-refractivity contribution >= 4 is 34.1 Å². The molecule has 0 atom stereocenters. The largest absolute Gasteiger partial charge is 0.363 e. The van der Waals surface area contributed by atoms with Gasteiger partial charge in [0.15, 0.2) is 5.11 Å². The summed E-state index contributed by atoms with van der Waals surface area (Å²) in [6, 6.07) is 26.2. The summed E-state index contributed by atoms with van der Waals surface area (Å²) in [5.41, 5.74) is 6.39. The molecule has 5 heteroatoms. The summed E-state index contributed by atoms with van der Waals surface area (Å²) < 4.78 is 0. The highest BCUT2D eigenvalue weighted by atomic mass is 32.1. The van der Waals surface area contributed by atoms with Gasteiger partial charge in [0.05, 0.1) is 22.4 Å². The number of aromatic nitrogens is 2. The van der Waals surface area contributed by atoms with Crippen LogP contribution in [0.1, 0.15) is 6.92 Å². The highest BCUT2D eigenvalue weighted by molar-refractivity contribution is 7.80. The molecule has 1 heterocycles. The Morgan fingerprint density at radius 1 is 0.786 bits per heavy atom. The molecule has 0 spiro atoms. The number of thiocarbonyl (C=S) groups is 1. The van der Waals surface area contributed by atoms with Gasteiger partial charge in [-0.25, -0.2) is 9.97 Å². The summed E-state index contributed by atoms with van der Waals surface area (Å²) in [4.78, 5) is 9.91. The van der Waals surface area contributed by atoms with Crippen molar-refractivity contribution in [3.63, 3.8) is 0 Å². The standard InChI is InChI=1S/C23H20N4S/c1-2-24-23(28)25-18-13-14-19-20(15-18)27-22(17-11-7-4-8-12-17)21(26-19)16-9-5-3-6-10-16/h3-15H,2H2,1H3,(H2,24,25,28). The Morgan fingerprint density at radius 3 is 1.93 bits per heavy atom. The van der Waals surface area contributed by atoms with Gasteiger partial charge in [0.2, 0.25) is 0 Å². The third kappa shape index (κ3) is 3.85. The third-order valence-electron chi connectivity index (χ3n) is 4.35. The normalized spacial score (nSPS) is 10.6. The van der Waals surface area contributed by atoms with E-state index in [1.165, 1.54) is 0 Å². The second kappa shape index (κ2) is 8.15. The van der Waals surface area contributed by atoms with Gasteiger partial charge in [-0.3, -0.25) is 0 Å². The van der Waals surface area contributed by atoms with Crippen LogP contribution in [-0.2, 0) is 0 Å². The Balaban J connectivity index is 1.85. The lowest BCUT2D eigenvalue weighted by Crippen LogP contribution is -2.27. The molecule has 0 saturated heterocycles. The summed E-state index contributed by atoms with van der Waals surface area (Å²) >= 11 is 5.29. The van der Waals surface area contributed by atoms with Crippen LogP contribution in [0.2, 0.25) is 0 Å². The molecular weight excluding hydrogens is 364 g/mol. The molecule has 4 rings (SSSR count). The molecule has 0 saturated carbocycles. The van der Waals surface area contributed by atoms with E-state index >= 15 is 0 Å². The van der Waals surface area contributed by atoms with Gasteiger partial charge in [-0.2, -0.15) is 0 Å². The first-order valence-corrected chi connectivity index (χ1v) is 9.63. The van der Waals surface area contributed by atoms with E-state index in [1.54, 1.807) is 0 Å². The number of anilines is 1. The van der Waals surface area contributed by atoms with E-state index in [0.717, 1.165) is 45.8 Å². The van der Waals surface area contributed by atoms with E-state index in [2.05, 4.69) is 34.9 Å². The Labute approximate surface area is 169 Å². The first kappa shape index (κ1) is 18.1. The number of benzene rings is 3. The maximum atomic E-state index is 5.29. The second-order valence-electron chi connectivity index (χ2n) is 6.34. The Kier molecular flexibility index (Phi) is 5.26. The third-order valence-corrected chi connectivity index (χ3v) is 4.60. The van der Waals surface area contributed by atoms with Crippen LogP contribution in [0.4, 0.5) is 5.69 Å². The number of fused-ring (bicyclic) bond motifs is 1. The van der Waals surface area contributed by atoms with Crippen LogP contribution in [0.3, 0.4) is 0 Å². The molecule has 0 aliphatic rings. The van der Waals surface area contributed by atoms with Crippen LogP contribution in [0.25, 0.3) is 33.5 Å². The lowest BCUT2D eigenvalue weighted by Gasteiger charge is -2.12. The summed E-state index contributed by atoms with van der Waals surface area (Å²) in [7, 11) is 0. The molecule has 0 aliphatic carbocycles. The van der Waals surface area contributed by atoms with Crippen LogP contribution in [0.15, 0.2) is 78.9 Å². The van der Waals surface area contributed by atoms with E-state index in [9.17, 15) is 0 Å². The summed E-state index contributed by atoms with van der Waals surface area (Å²) in [5, 5.41) is 6.88. The zero-order valence-corrected chi connectivity index (χ0v) is 16.3. The van der Waals surface area contributed by atoms with Crippen molar-refractivity contribution in [2.45, 2.75) is 6.92 Å². The Morgan fingerprint density at radius 2 is 1.36 bits per heavy atom. The molecule has 0 amide bonds. The molecule has 4 nitrogen and oxygen atoms in total. The quantitative estimate of drug-likeness (QED) is 0.470. The van der Waals surface area contributed by atoms with Crippen molar-refractivity contribution in [2.24, 2.45) is 0 Å². The zero-order chi connectivity index (χ0) is 19.3. The van der Waals surface area contributed by atoms with Gasteiger partial charge in [0.1, 0.15) is 0 Å². The molecule has 1 aromatic heterocycles. The highest BCUT2D eigenvalue weighted by Gasteiger charge is 2.13. The zero-order valence-electron chi connectivity index (χ0n) is 15.5. The molecule has 138 valence electrons. The number of hydrogen-bond donors (Lipinski definition) is 2. The van der Waals surface area contributed by atoms with E-state index in [1.807, 2.05) is 61.5 Å². The molecule has 4 aromatic rings. The first-order valence-electron chi connectivity index (χ1n) is 9.22. The minimum Gasteiger partial charge on any atom is -0.363 e. The fourth-order valence-corrected chi connectivity index (χ4v) is 3.32. The maximum absolute atomic E-state index is 5.29.